The molecule has 0 spiro atoms. The number of Topliss-reactive ketones (excluding diaryl/α,β-unsaturated/α-hetero) is 1. The van der Waals surface area contributed by atoms with E-state index in [9.17, 15) is 4.79 Å². The van der Waals surface area contributed by atoms with Gasteiger partial charge in [0.15, 0.2) is 0 Å². The van der Waals surface area contributed by atoms with Gasteiger partial charge in [-0.3, -0.25) is 4.79 Å². The third kappa shape index (κ3) is 5.76. The van der Waals surface area contributed by atoms with Crippen LogP contribution < -0.4 is 0 Å². The first-order valence-electron chi connectivity index (χ1n) is 3.79. The van der Waals surface area contributed by atoms with Gasteiger partial charge in [-0.05, 0) is 12.3 Å². The van der Waals surface area contributed by atoms with Gasteiger partial charge in [-0.25, -0.2) is 0 Å². The summed E-state index contributed by atoms with van der Waals surface area (Å²) in [6.45, 7) is 4.18. The average molecular weight is 144 g/mol. The van der Waals surface area contributed by atoms with Gasteiger partial charge < -0.3 is 5.11 Å². The minimum absolute atomic E-state index is 0.00305. The highest BCUT2D eigenvalue weighted by molar-refractivity contribution is 5.78. The minimum atomic E-state index is -0.00305. The Morgan fingerprint density at radius 1 is 1.40 bits per heavy atom. The topological polar surface area (TPSA) is 37.3 Å². The molecule has 0 aliphatic rings. The van der Waals surface area contributed by atoms with E-state index in [-0.39, 0.29) is 12.4 Å². The molecule has 0 saturated heterocycles. The summed E-state index contributed by atoms with van der Waals surface area (Å²) in [5, 5.41) is 8.38. The number of hydrogen-bond acceptors (Lipinski definition) is 2. The monoisotopic (exact) mass is 144 g/mol. The lowest BCUT2D eigenvalue weighted by Crippen LogP contribution is -2.02. The molecule has 10 heavy (non-hydrogen) atoms. The summed E-state index contributed by atoms with van der Waals surface area (Å²) in [4.78, 5) is 10.8. The molecule has 0 unspecified atom stereocenters. The summed E-state index contributed by atoms with van der Waals surface area (Å²) >= 11 is 0. The third-order valence-electron chi connectivity index (χ3n) is 1.39. The van der Waals surface area contributed by atoms with Gasteiger partial charge in [-0.1, -0.05) is 13.8 Å². The average Bonchev–Trinajstić information content (AvgIpc) is 1.85. The van der Waals surface area contributed by atoms with Crippen LogP contribution in [-0.2, 0) is 4.79 Å². The number of ketones is 1. The van der Waals surface area contributed by atoms with E-state index in [0.717, 1.165) is 6.42 Å². The third-order valence-corrected chi connectivity index (χ3v) is 1.39. The summed E-state index contributed by atoms with van der Waals surface area (Å²) in [5.41, 5.74) is 0. The maximum Gasteiger partial charge on any atom is 0.135 e. The molecule has 0 aromatic rings. The van der Waals surface area contributed by atoms with Crippen molar-refractivity contribution in [3.05, 3.63) is 0 Å². The smallest absolute Gasteiger partial charge is 0.135 e. The number of hydrogen-bond donors (Lipinski definition) is 1. The van der Waals surface area contributed by atoms with Gasteiger partial charge in [-0.15, -0.1) is 0 Å². The zero-order chi connectivity index (χ0) is 7.98. The molecule has 0 aliphatic heterocycles. The molecule has 0 aromatic carbocycles. The molecule has 0 bridgehead atoms. The van der Waals surface area contributed by atoms with Crippen LogP contribution in [0.15, 0.2) is 0 Å². The van der Waals surface area contributed by atoms with Crippen LogP contribution in [0.1, 0.15) is 33.1 Å². The van der Waals surface area contributed by atoms with Crippen LogP contribution in [0.3, 0.4) is 0 Å². The summed E-state index contributed by atoms with van der Waals surface area (Å²) < 4.78 is 0. The lowest BCUT2D eigenvalue weighted by Gasteiger charge is -2.01. The SMILES string of the molecule is CC(C)CCC(=O)CCO. The zero-order valence-corrected chi connectivity index (χ0v) is 6.76. The minimum Gasteiger partial charge on any atom is -0.396 e. The van der Waals surface area contributed by atoms with E-state index in [2.05, 4.69) is 13.8 Å². The van der Waals surface area contributed by atoms with E-state index < -0.39 is 0 Å². The van der Waals surface area contributed by atoms with Crippen LogP contribution in [0.4, 0.5) is 0 Å². The van der Waals surface area contributed by atoms with Crippen LogP contribution >= 0.6 is 0 Å². The first-order chi connectivity index (χ1) is 4.66. The molecular formula is C8H16O2. The summed E-state index contributed by atoms with van der Waals surface area (Å²) in [5.74, 6) is 0.763. The number of aliphatic hydroxyl groups is 1. The van der Waals surface area contributed by atoms with E-state index in [1.807, 2.05) is 0 Å². The normalized spacial score (nSPS) is 10.4. The Morgan fingerprint density at radius 2 is 2.00 bits per heavy atom. The van der Waals surface area contributed by atoms with Crippen LogP contribution in [0.2, 0.25) is 0 Å². The molecule has 0 aromatic heterocycles. The van der Waals surface area contributed by atoms with Crippen molar-refractivity contribution >= 4 is 5.78 Å². The van der Waals surface area contributed by atoms with Crippen LogP contribution in [-0.4, -0.2) is 17.5 Å². The van der Waals surface area contributed by atoms with Gasteiger partial charge in [0.05, 0.1) is 0 Å². The van der Waals surface area contributed by atoms with Gasteiger partial charge in [0.2, 0.25) is 0 Å². The first-order valence-corrected chi connectivity index (χ1v) is 3.79. The second-order valence-corrected chi connectivity index (χ2v) is 2.94. The number of aliphatic hydroxyl groups excluding tert-OH is 1. The second-order valence-electron chi connectivity index (χ2n) is 2.94. The molecule has 0 radical (unpaired) electrons. The lowest BCUT2D eigenvalue weighted by molar-refractivity contribution is -0.119. The molecule has 0 atom stereocenters. The Bertz CT molecular complexity index is 97.4. The molecule has 60 valence electrons. The van der Waals surface area contributed by atoms with Gasteiger partial charge in [-0.2, -0.15) is 0 Å². The quantitative estimate of drug-likeness (QED) is 0.632. The largest absolute Gasteiger partial charge is 0.396 e. The molecule has 0 heterocycles. The Labute approximate surface area is 62.2 Å². The number of rotatable bonds is 5. The number of carbonyl (C=O) groups is 1. The van der Waals surface area contributed by atoms with Crippen molar-refractivity contribution in [3.8, 4) is 0 Å². The molecule has 0 fully saturated rings. The second kappa shape index (κ2) is 5.42. The van der Waals surface area contributed by atoms with E-state index in [0.29, 0.717) is 18.8 Å². The predicted molar refractivity (Wildman–Crippen MR) is 40.8 cm³/mol. The highest BCUT2D eigenvalue weighted by Crippen LogP contribution is 2.04. The molecular weight excluding hydrogens is 128 g/mol. The maximum absolute atomic E-state index is 10.8. The molecule has 1 N–H and O–H groups in total. The van der Waals surface area contributed by atoms with Crippen molar-refractivity contribution < 1.29 is 9.90 Å². The summed E-state index contributed by atoms with van der Waals surface area (Å²) in [7, 11) is 0. The van der Waals surface area contributed by atoms with Crippen molar-refractivity contribution in [2.24, 2.45) is 5.92 Å². The highest BCUT2D eigenvalue weighted by atomic mass is 16.3. The molecule has 0 amide bonds. The van der Waals surface area contributed by atoms with Crippen molar-refractivity contribution in [2.45, 2.75) is 33.1 Å². The Balaban J connectivity index is 3.22. The fourth-order valence-electron chi connectivity index (χ4n) is 0.699. The van der Waals surface area contributed by atoms with Gasteiger partial charge >= 0.3 is 0 Å². The van der Waals surface area contributed by atoms with Crippen molar-refractivity contribution in [1.82, 2.24) is 0 Å². The number of carbonyl (C=O) groups excluding carboxylic acids is 1. The highest BCUT2D eigenvalue weighted by Gasteiger charge is 2.01. The molecule has 2 heteroatoms. The zero-order valence-electron chi connectivity index (χ0n) is 6.76. The standard InChI is InChI=1S/C8H16O2/c1-7(2)3-4-8(10)5-6-9/h7,9H,3-6H2,1-2H3. The molecule has 0 rings (SSSR count). The first kappa shape index (κ1) is 9.63. The van der Waals surface area contributed by atoms with E-state index in [1.54, 1.807) is 0 Å². The van der Waals surface area contributed by atoms with Crippen molar-refractivity contribution in [3.63, 3.8) is 0 Å². The van der Waals surface area contributed by atoms with Crippen molar-refractivity contribution in [2.75, 3.05) is 6.61 Å². The Kier molecular flexibility index (Phi) is 5.22. The summed E-state index contributed by atoms with van der Waals surface area (Å²) in [6, 6.07) is 0. The van der Waals surface area contributed by atoms with Crippen LogP contribution in [0.5, 0.6) is 0 Å². The van der Waals surface area contributed by atoms with E-state index >= 15 is 0 Å². The fraction of sp³-hybridized carbons (Fsp3) is 0.875. The van der Waals surface area contributed by atoms with Crippen molar-refractivity contribution in [1.29, 1.82) is 0 Å². The lowest BCUT2D eigenvalue weighted by atomic mass is 10.0. The summed E-state index contributed by atoms with van der Waals surface area (Å²) in [6.07, 6.45) is 1.89. The van der Waals surface area contributed by atoms with E-state index in [4.69, 9.17) is 5.11 Å². The van der Waals surface area contributed by atoms with Gasteiger partial charge in [0.25, 0.3) is 0 Å². The van der Waals surface area contributed by atoms with Crippen LogP contribution in [0, 0.1) is 5.92 Å². The molecule has 2 nitrogen and oxygen atoms in total. The van der Waals surface area contributed by atoms with Gasteiger partial charge in [0, 0.05) is 19.4 Å². The van der Waals surface area contributed by atoms with Gasteiger partial charge in [0.1, 0.15) is 5.78 Å². The fourth-order valence-corrected chi connectivity index (χ4v) is 0.699. The Hall–Kier alpha value is -0.370. The van der Waals surface area contributed by atoms with Crippen LogP contribution in [0.25, 0.3) is 0 Å². The molecule has 0 aliphatic carbocycles. The predicted octanol–water partition coefficient (Wildman–Crippen LogP) is 1.37. The maximum atomic E-state index is 10.8. The Morgan fingerprint density at radius 3 is 2.40 bits per heavy atom. The molecule has 0 saturated carbocycles. The van der Waals surface area contributed by atoms with E-state index in [1.165, 1.54) is 0 Å².